The van der Waals surface area contributed by atoms with E-state index in [0.29, 0.717) is 40.5 Å². The van der Waals surface area contributed by atoms with Crippen molar-refractivity contribution in [2.24, 2.45) is 0 Å². The smallest absolute Gasteiger partial charge is 0.338 e. The molecule has 0 radical (unpaired) electrons. The van der Waals surface area contributed by atoms with Gasteiger partial charge < -0.3 is 19.5 Å². The van der Waals surface area contributed by atoms with Crippen molar-refractivity contribution >= 4 is 23.6 Å². The quantitative estimate of drug-likeness (QED) is 0.229. The minimum Gasteiger partial charge on any atom is -0.490 e. The molecule has 0 heterocycles. The van der Waals surface area contributed by atoms with Gasteiger partial charge in [-0.3, -0.25) is 4.79 Å². The molecule has 0 saturated carbocycles. The van der Waals surface area contributed by atoms with E-state index < -0.39 is 11.9 Å². The maximum Gasteiger partial charge on any atom is 0.338 e. The van der Waals surface area contributed by atoms with Gasteiger partial charge in [0.05, 0.1) is 18.8 Å². The maximum atomic E-state index is 13.4. The van der Waals surface area contributed by atoms with Crippen LogP contribution in [0.2, 0.25) is 0 Å². The Hall–Kier alpha value is -4.64. The average Bonchev–Trinajstić information content (AvgIpc) is 2.87. The summed E-state index contributed by atoms with van der Waals surface area (Å²) in [6, 6.07) is 19.2. The van der Waals surface area contributed by atoms with Crippen LogP contribution in [0.4, 0.5) is 10.1 Å². The molecule has 0 atom stereocenters. The lowest BCUT2D eigenvalue weighted by Crippen LogP contribution is -2.13. The van der Waals surface area contributed by atoms with Crippen LogP contribution in [0.15, 0.2) is 72.3 Å². The first-order valence-corrected chi connectivity index (χ1v) is 11.3. The molecule has 3 aromatic rings. The van der Waals surface area contributed by atoms with Gasteiger partial charge in [-0.05, 0) is 79.6 Å². The molecule has 0 aliphatic carbocycles. The Bertz CT molecular complexity index is 1300. The molecule has 0 fully saturated rings. The molecule has 0 unspecified atom stereocenters. The number of nitrogens with one attached hydrogen (secondary N) is 1. The molecule has 36 heavy (non-hydrogen) atoms. The first-order valence-electron chi connectivity index (χ1n) is 11.3. The lowest BCUT2D eigenvalue weighted by molar-refractivity contribution is -0.112. The second-order valence-corrected chi connectivity index (χ2v) is 7.48. The van der Waals surface area contributed by atoms with Crippen molar-refractivity contribution in [3.63, 3.8) is 0 Å². The summed E-state index contributed by atoms with van der Waals surface area (Å²) in [5.41, 5.74) is 1.88. The number of anilines is 1. The third-order valence-electron chi connectivity index (χ3n) is 4.88. The number of halogens is 1. The second-order valence-electron chi connectivity index (χ2n) is 7.48. The summed E-state index contributed by atoms with van der Waals surface area (Å²) in [7, 11) is 0. The number of carbonyl (C=O) groups excluding carboxylic acids is 2. The summed E-state index contributed by atoms with van der Waals surface area (Å²) in [6.07, 6.45) is 1.43. The fourth-order valence-corrected chi connectivity index (χ4v) is 3.21. The lowest BCUT2D eigenvalue weighted by Gasteiger charge is -2.13. The summed E-state index contributed by atoms with van der Waals surface area (Å²) in [5, 5.41) is 12.2. The molecule has 1 amide bonds. The monoisotopic (exact) mass is 488 g/mol. The van der Waals surface area contributed by atoms with Crippen LogP contribution in [-0.4, -0.2) is 25.1 Å². The summed E-state index contributed by atoms with van der Waals surface area (Å²) < 4.78 is 29.8. The van der Waals surface area contributed by atoms with Gasteiger partial charge in [-0.25, -0.2) is 9.18 Å². The highest BCUT2D eigenvalue weighted by atomic mass is 19.1. The van der Waals surface area contributed by atoms with Gasteiger partial charge in [0.25, 0.3) is 5.91 Å². The van der Waals surface area contributed by atoms with Gasteiger partial charge in [0, 0.05) is 5.69 Å². The van der Waals surface area contributed by atoms with E-state index in [9.17, 15) is 19.2 Å². The van der Waals surface area contributed by atoms with Gasteiger partial charge in [-0.15, -0.1) is 0 Å². The number of amides is 1. The molecule has 0 spiro atoms. The fourth-order valence-electron chi connectivity index (χ4n) is 3.21. The number of esters is 1. The topological polar surface area (TPSA) is 97.7 Å². The predicted molar refractivity (Wildman–Crippen MR) is 133 cm³/mol. The van der Waals surface area contributed by atoms with Crippen molar-refractivity contribution in [2.75, 3.05) is 18.5 Å². The SMILES string of the molecule is CCOC(=O)c1ccc(NC(=O)/C(C#N)=C/c2ccc(OCc3cccc(F)c3)c(OCC)c2)cc1. The van der Waals surface area contributed by atoms with Crippen molar-refractivity contribution in [3.8, 4) is 17.6 Å². The highest BCUT2D eigenvalue weighted by Crippen LogP contribution is 2.30. The van der Waals surface area contributed by atoms with Crippen LogP contribution in [0.1, 0.15) is 35.3 Å². The molecular weight excluding hydrogens is 463 g/mol. The van der Waals surface area contributed by atoms with Crippen LogP contribution >= 0.6 is 0 Å². The van der Waals surface area contributed by atoms with Gasteiger partial charge in [-0.2, -0.15) is 5.26 Å². The molecular formula is C28H25FN2O5. The van der Waals surface area contributed by atoms with Gasteiger partial charge >= 0.3 is 5.97 Å². The van der Waals surface area contributed by atoms with Crippen molar-refractivity contribution in [1.29, 1.82) is 5.26 Å². The van der Waals surface area contributed by atoms with Gasteiger partial charge in [0.2, 0.25) is 0 Å². The molecule has 0 aliphatic rings. The first kappa shape index (κ1) is 26.0. The van der Waals surface area contributed by atoms with Crippen LogP contribution in [0.3, 0.4) is 0 Å². The average molecular weight is 489 g/mol. The Morgan fingerprint density at radius 1 is 0.972 bits per heavy atom. The van der Waals surface area contributed by atoms with E-state index in [2.05, 4.69) is 5.32 Å². The van der Waals surface area contributed by atoms with Gasteiger partial charge in [-0.1, -0.05) is 18.2 Å². The first-order chi connectivity index (χ1) is 17.4. The Morgan fingerprint density at radius 3 is 2.42 bits per heavy atom. The number of nitrogens with zero attached hydrogens (tertiary/aromatic N) is 1. The third-order valence-corrected chi connectivity index (χ3v) is 4.88. The Labute approximate surface area is 208 Å². The zero-order valence-electron chi connectivity index (χ0n) is 19.9. The van der Waals surface area contributed by atoms with Crippen molar-refractivity contribution in [1.82, 2.24) is 0 Å². The van der Waals surface area contributed by atoms with Gasteiger partial charge in [0.1, 0.15) is 24.1 Å². The highest BCUT2D eigenvalue weighted by molar-refractivity contribution is 6.09. The normalized spacial score (nSPS) is 10.8. The van der Waals surface area contributed by atoms with E-state index in [1.807, 2.05) is 13.0 Å². The molecule has 0 bridgehead atoms. The number of rotatable bonds is 10. The number of benzene rings is 3. The molecule has 7 nitrogen and oxygen atoms in total. The van der Waals surface area contributed by atoms with Crippen LogP contribution < -0.4 is 14.8 Å². The minimum absolute atomic E-state index is 0.125. The van der Waals surface area contributed by atoms with E-state index in [1.54, 1.807) is 49.4 Å². The molecule has 8 heteroatoms. The summed E-state index contributed by atoms with van der Waals surface area (Å²) >= 11 is 0. The minimum atomic E-state index is -0.606. The van der Waals surface area contributed by atoms with Gasteiger partial charge in [0.15, 0.2) is 11.5 Å². The summed E-state index contributed by atoms with van der Waals surface area (Å²) in [5.74, 6) is -0.538. The van der Waals surface area contributed by atoms with Crippen molar-refractivity contribution in [2.45, 2.75) is 20.5 Å². The van der Waals surface area contributed by atoms with E-state index in [4.69, 9.17) is 14.2 Å². The van der Waals surface area contributed by atoms with E-state index in [0.717, 1.165) is 0 Å². The van der Waals surface area contributed by atoms with Crippen LogP contribution in [0, 0.1) is 17.1 Å². The van der Waals surface area contributed by atoms with Crippen LogP contribution in [0.5, 0.6) is 11.5 Å². The number of hydrogen-bond donors (Lipinski definition) is 1. The molecule has 0 saturated heterocycles. The van der Waals surface area contributed by atoms with Crippen molar-refractivity contribution < 1.29 is 28.2 Å². The molecule has 3 rings (SSSR count). The Kier molecular flexibility index (Phi) is 9.18. The van der Waals surface area contributed by atoms with Crippen LogP contribution in [-0.2, 0) is 16.1 Å². The lowest BCUT2D eigenvalue weighted by atomic mass is 10.1. The highest BCUT2D eigenvalue weighted by Gasteiger charge is 2.13. The molecule has 3 aromatic carbocycles. The van der Waals surface area contributed by atoms with Crippen molar-refractivity contribution in [3.05, 3.63) is 94.8 Å². The molecule has 184 valence electrons. The number of nitriles is 1. The number of hydrogen-bond acceptors (Lipinski definition) is 6. The van der Waals surface area contributed by atoms with E-state index >= 15 is 0 Å². The standard InChI is InChI=1S/C28H25FN2O5/c1-3-34-26-16-19(8-13-25(26)36-18-20-6-5-7-23(29)15-20)14-22(17-30)27(32)31-24-11-9-21(10-12-24)28(33)35-4-2/h5-16H,3-4,18H2,1-2H3,(H,31,32)/b22-14+. The maximum absolute atomic E-state index is 13.4. The second kappa shape index (κ2) is 12.7. The van der Waals surface area contributed by atoms with E-state index in [1.165, 1.54) is 30.3 Å². The summed E-state index contributed by atoms with van der Waals surface area (Å²) in [4.78, 5) is 24.4. The third kappa shape index (κ3) is 7.18. The Morgan fingerprint density at radius 2 is 1.75 bits per heavy atom. The number of ether oxygens (including phenoxy) is 3. The Balaban J connectivity index is 1.73. The number of carbonyl (C=O) groups is 2. The predicted octanol–water partition coefficient (Wildman–Crippen LogP) is 5.53. The summed E-state index contributed by atoms with van der Waals surface area (Å²) in [6.45, 7) is 4.32. The van der Waals surface area contributed by atoms with E-state index in [-0.39, 0.29) is 24.6 Å². The largest absolute Gasteiger partial charge is 0.490 e. The zero-order valence-corrected chi connectivity index (χ0v) is 19.9. The molecule has 0 aliphatic heterocycles. The molecule has 0 aromatic heterocycles. The molecule has 1 N–H and O–H groups in total. The van der Waals surface area contributed by atoms with Crippen LogP contribution in [0.25, 0.3) is 6.08 Å². The zero-order chi connectivity index (χ0) is 25.9. The fraction of sp³-hybridized carbons (Fsp3) is 0.179.